The fourth-order valence-electron chi connectivity index (χ4n) is 1.82. The molecule has 4 nitrogen and oxygen atoms in total. The van der Waals surface area contributed by atoms with E-state index in [1.807, 2.05) is 36.4 Å². The molecule has 0 saturated carbocycles. The fourth-order valence-corrected chi connectivity index (χ4v) is 1.82. The lowest BCUT2D eigenvalue weighted by molar-refractivity contribution is 0.415. The molecule has 4 N–H and O–H groups in total. The van der Waals surface area contributed by atoms with E-state index < -0.39 is 0 Å². The monoisotopic (exact) mass is 244 g/mol. The van der Waals surface area contributed by atoms with E-state index in [4.69, 9.17) is 20.9 Å². The Hall–Kier alpha value is -2.36. The van der Waals surface area contributed by atoms with Gasteiger partial charge in [-0.3, -0.25) is 0 Å². The van der Waals surface area contributed by atoms with E-state index in [1.165, 1.54) is 0 Å². The maximum atomic E-state index is 6.03. The van der Waals surface area contributed by atoms with Crippen LogP contribution in [0.2, 0.25) is 0 Å². The molecule has 4 heteroatoms. The quantitative estimate of drug-likeness (QED) is 0.814. The van der Waals surface area contributed by atoms with Crippen molar-refractivity contribution < 1.29 is 9.47 Å². The zero-order valence-corrected chi connectivity index (χ0v) is 10.4. The SMILES string of the molecule is COc1ccc(-c2ccc(OC)c(N)c2N)cc1. The smallest absolute Gasteiger partial charge is 0.143 e. The summed E-state index contributed by atoms with van der Waals surface area (Å²) in [6.45, 7) is 0. The highest BCUT2D eigenvalue weighted by molar-refractivity contribution is 5.87. The van der Waals surface area contributed by atoms with Crippen LogP contribution in [0.3, 0.4) is 0 Å². The van der Waals surface area contributed by atoms with Gasteiger partial charge in [0.15, 0.2) is 0 Å². The molecule has 0 bridgehead atoms. The van der Waals surface area contributed by atoms with Gasteiger partial charge < -0.3 is 20.9 Å². The topological polar surface area (TPSA) is 70.5 Å². The van der Waals surface area contributed by atoms with Gasteiger partial charge >= 0.3 is 0 Å². The van der Waals surface area contributed by atoms with Crippen LogP contribution in [0.25, 0.3) is 11.1 Å². The fraction of sp³-hybridized carbons (Fsp3) is 0.143. The van der Waals surface area contributed by atoms with Crippen molar-refractivity contribution in [2.45, 2.75) is 0 Å². The number of nitrogen functional groups attached to an aromatic ring is 2. The van der Waals surface area contributed by atoms with Gasteiger partial charge in [-0.1, -0.05) is 12.1 Å². The highest BCUT2D eigenvalue weighted by Gasteiger charge is 2.09. The normalized spacial score (nSPS) is 10.1. The van der Waals surface area contributed by atoms with E-state index in [1.54, 1.807) is 14.2 Å². The molecule has 0 spiro atoms. The van der Waals surface area contributed by atoms with Crippen LogP contribution in [-0.2, 0) is 0 Å². The van der Waals surface area contributed by atoms with Crippen LogP contribution in [0.4, 0.5) is 11.4 Å². The summed E-state index contributed by atoms with van der Waals surface area (Å²) in [6, 6.07) is 11.4. The maximum Gasteiger partial charge on any atom is 0.143 e. The number of benzene rings is 2. The lowest BCUT2D eigenvalue weighted by Crippen LogP contribution is -2.00. The molecule has 0 amide bonds. The van der Waals surface area contributed by atoms with Crippen molar-refractivity contribution in [3.63, 3.8) is 0 Å². The number of anilines is 2. The molecule has 0 heterocycles. The maximum absolute atomic E-state index is 6.03. The van der Waals surface area contributed by atoms with Gasteiger partial charge in [0.1, 0.15) is 11.5 Å². The molecule has 0 radical (unpaired) electrons. The number of nitrogens with two attached hydrogens (primary N) is 2. The minimum absolute atomic E-state index is 0.464. The Morgan fingerprint density at radius 2 is 1.44 bits per heavy atom. The van der Waals surface area contributed by atoms with Gasteiger partial charge in [0.25, 0.3) is 0 Å². The molecule has 0 atom stereocenters. The van der Waals surface area contributed by atoms with Crippen LogP contribution in [0.15, 0.2) is 36.4 Å². The van der Waals surface area contributed by atoms with E-state index in [0.717, 1.165) is 16.9 Å². The second-order valence-electron chi connectivity index (χ2n) is 3.87. The lowest BCUT2D eigenvalue weighted by atomic mass is 10.0. The standard InChI is InChI=1S/C14H16N2O2/c1-17-10-5-3-9(4-6-10)11-7-8-12(18-2)14(16)13(11)15/h3-8H,15-16H2,1-2H3. The van der Waals surface area contributed by atoms with Gasteiger partial charge in [-0.05, 0) is 29.8 Å². The van der Waals surface area contributed by atoms with E-state index in [0.29, 0.717) is 17.1 Å². The first-order valence-electron chi connectivity index (χ1n) is 5.53. The van der Waals surface area contributed by atoms with Crippen LogP contribution in [0.1, 0.15) is 0 Å². The number of hydrogen-bond acceptors (Lipinski definition) is 4. The van der Waals surface area contributed by atoms with Gasteiger partial charge in [0.05, 0.1) is 25.6 Å². The minimum Gasteiger partial charge on any atom is -0.497 e. The van der Waals surface area contributed by atoms with Crippen molar-refractivity contribution in [3.05, 3.63) is 36.4 Å². The summed E-state index contributed by atoms with van der Waals surface area (Å²) in [5.74, 6) is 1.39. The van der Waals surface area contributed by atoms with Crippen molar-refractivity contribution in [3.8, 4) is 22.6 Å². The Balaban J connectivity index is 2.47. The van der Waals surface area contributed by atoms with Crippen molar-refractivity contribution in [2.75, 3.05) is 25.7 Å². The highest BCUT2D eigenvalue weighted by atomic mass is 16.5. The molecular formula is C14H16N2O2. The third-order valence-corrected chi connectivity index (χ3v) is 2.87. The molecule has 2 aromatic rings. The second kappa shape index (κ2) is 4.87. The van der Waals surface area contributed by atoms with E-state index in [9.17, 15) is 0 Å². The molecule has 0 aliphatic heterocycles. The molecular weight excluding hydrogens is 228 g/mol. The highest BCUT2D eigenvalue weighted by Crippen LogP contribution is 2.36. The second-order valence-corrected chi connectivity index (χ2v) is 3.87. The lowest BCUT2D eigenvalue weighted by Gasteiger charge is -2.12. The molecule has 2 rings (SSSR count). The molecule has 0 fully saturated rings. The summed E-state index contributed by atoms with van der Waals surface area (Å²) in [4.78, 5) is 0. The largest absolute Gasteiger partial charge is 0.497 e. The molecule has 18 heavy (non-hydrogen) atoms. The number of methoxy groups -OCH3 is 2. The molecule has 0 saturated heterocycles. The summed E-state index contributed by atoms with van der Waals surface area (Å²) in [5.41, 5.74) is 14.8. The molecule has 2 aromatic carbocycles. The molecule has 94 valence electrons. The number of hydrogen-bond donors (Lipinski definition) is 2. The van der Waals surface area contributed by atoms with Crippen LogP contribution in [0.5, 0.6) is 11.5 Å². The third kappa shape index (κ3) is 2.05. The third-order valence-electron chi connectivity index (χ3n) is 2.87. The predicted octanol–water partition coefficient (Wildman–Crippen LogP) is 2.54. The Kier molecular flexibility index (Phi) is 3.28. The van der Waals surface area contributed by atoms with E-state index in [2.05, 4.69) is 0 Å². The van der Waals surface area contributed by atoms with Crippen molar-refractivity contribution in [1.82, 2.24) is 0 Å². The Morgan fingerprint density at radius 1 is 0.778 bits per heavy atom. The zero-order valence-electron chi connectivity index (χ0n) is 10.4. The van der Waals surface area contributed by atoms with E-state index in [-0.39, 0.29) is 0 Å². The summed E-state index contributed by atoms with van der Waals surface area (Å²) in [5, 5.41) is 0. The first kappa shape index (κ1) is 12.1. The predicted molar refractivity (Wildman–Crippen MR) is 73.8 cm³/mol. The zero-order chi connectivity index (χ0) is 13.1. The van der Waals surface area contributed by atoms with Gasteiger partial charge in [-0.2, -0.15) is 0 Å². The van der Waals surface area contributed by atoms with Gasteiger partial charge in [-0.15, -0.1) is 0 Å². The molecule has 0 aliphatic rings. The van der Waals surface area contributed by atoms with Crippen molar-refractivity contribution in [2.24, 2.45) is 0 Å². The average Bonchev–Trinajstić information content (AvgIpc) is 2.42. The van der Waals surface area contributed by atoms with Crippen molar-refractivity contribution in [1.29, 1.82) is 0 Å². The first-order chi connectivity index (χ1) is 8.67. The summed E-state index contributed by atoms with van der Waals surface area (Å²) < 4.78 is 10.2. The Labute approximate surface area is 106 Å². The summed E-state index contributed by atoms with van der Waals surface area (Å²) >= 11 is 0. The van der Waals surface area contributed by atoms with Crippen LogP contribution < -0.4 is 20.9 Å². The Bertz CT molecular complexity index is 550. The van der Waals surface area contributed by atoms with E-state index >= 15 is 0 Å². The number of ether oxygens (including phenoxy) is 2. The summed E-state index contributed by atoms with van der Waals surface area (Å²) in [6.07, 6.45) is 0. The van der Waals surface area contributed by atoms with Gasteiger partial charge in [-0.25, -0.2) is 0 Å². The first-order valence-corrected chi connectivity index (χ1v) is 5.53. The Morgan fingerprint density at radius 3 is 2.00 bits per heavy atom. The van der Waals surface area contributed by atoms with Gasteiger partial charge in [0.2, 0.25) is 0 Å². The van der Waals surface area contributed by atoms with Crippen LogP contribution in [0, 0.1) is 0 Å². The van der Waals surface area contributed by atoms with Crippen LogP contribution >= 0.6 is 0 Å². The summed E-state index contributed by atoms with van der Waals surface area (Å²) in [7, 11) is 3.20. The van der Waals surface area contributed by atoms with Crippen LogP contribution in [-0.4, -0.2) is 14.2 Å². The number of rotatable bonds is 3. The minimum atomic E-state index is 0.464. The molecule has 0 unspecified atom stereocenters. The van der Waals surface area contributed by atoms with Gasteiger partial charge in [0, 0.05) is 5.56 Å². The molecule has 0 aliphatic carbocycles. The van der Waals surface area contributed by atoms with Crippen molar-refractivity contribution >= 4 is 11.4 Å². The molecule has 0 aromatic heterocycles. The average molecular weight is 244 g/mol.